The lowest BCUT2D eigenvalue weighted by atomic mass is 9.85. The van der Waals surface area contributed by atoms with Crippen LogP contribution < -0.4 is 5.73 Å². The van der Waals surface area contributed by atoms with E-state index >= 15 is 0 Å². The summed E-state index contributed by atoms with van der Waals surface area (Å²) in [6.07, 6.45) is 2.94. The smallest absolute Gasteiger partial charge is 0.0486 e. The highest BCUT2D eigenvalue weighted by atomic mass is 16.5. The molecule has 2 heteroatoms. The van der Waals surface area contributed by atoms with E-state index in [2.05, 4.69) is 32.9 Å². The molecule has 0 spiro atoms. The maximum absolute atomic E-state index is 6.48. The SMILES string of the molecule is CCC(N)(CCOCCC(C)C)c1ccccc1. The van der Waals surface area contributed by atoms with Crippen LogP contribution in [-0.4, -0.2) is 13.2 Å². The second kappa shape index (κ2) is 7.55. The summed E-state index contributed by atoms with van der Waals surface area (Å²) in [6.45, 7) is 8.15. The molecular weight excluding hydrogens is 222 g/mol. The fraction of sp³-hybridized carbons (Fsp3) is 0.625. The van der Waals surface area contributed by atoms with Crippen LogP contribution in [0, 0.1) is 5.92 Å². The molecule has 0 saturated heterocycles. The summed E-state index contributed by atoms with van der Waals surface area (Å²) in [7, 11) is 0. The molecule has 1 atom stereocenters. The Morgan fingerprint density at radius 3 is 2.39 bits per heavy atom. The van der Waals surface area contributed by atoms with E-state index in [1.54, 1.807) is 0 Å². The molecule has 18 heavy (non-hydrogen) atoms. The van der Waals surface area contributed by atoms with Gasteiger partial charge in [0.25, 0.3) is 0 Å². The van der Waals surface area contributed by atoms with Crippen LogP contribution in [0.15, 0.2) is 30.3 Å². The van der Waals surface area contributed by atoms with E-state index in [1.807, 2.05) is 18.2 Å². The molecular formula is C16H27NO. The van der Waals surface area contributed by atoms with Gasteiger partial charge in [-0.05, 0) is 30.7 Å². The summed E-state index contributed by atoms with van der Waals surface area (Å²) >= 11 is 0. The van der Waals surface area contributed by atoms with Crippen LogP contribution in [0.3, 0.4) is 0 Å². The Labute approximate surface area is 112 Å². The highest BCUT2D eigenvalue weighted by Crippen LogP contribution is 2.25. The molecule has 0 aliphatic carbocycles. The zero-order valence-electron chi connectivity index (χ0n) is 12.0. The number of benzene rings is 1. The summed E-state index contributed by atoms with van der Waals surface area (Å²) in [4.78, 5) is 0. The number of ether oxygens (including phenoxy) is 1. The second-order valence-electron chi connectivity index (χ2n) is 5.42. The molecule has 0 aliphatic heterocycles. The van der Waals surface area contributed by atoms with Gasteiger partial charge >= 0.3 is 0 Å². The van der Waals surface area contributed by atoms with Crippen molar-refractivity contribution in [2.75, 3.05) is 13.2 Å². The highest BCUT2D eigenvalue weighted by Gasteiger charge is 2.24. The van der Waals surface area contributed by atoms with Crippen LogP contribution in [0.4, 0.5) is 0 Å². The third kappa shape index (κ3) is 4.79. The molecule has 0 amide bonds. The van der Waals surface area contributed by atoms with E-state index in [1.165, 1.54) is 5.56 Å². The number of rotatable bonds is 8. The van der Waals surface area contributed by atoms with Crippen LogP contribution in [0.1, 0.15) is 45.6 Å². The first-order valence-electron chi connectivity index (χ1n) is 7.00. The summed E-state index contributed by atoms with van der Waals surface area (Å²) in [6, 6.07) is 10.3. The van der Waals surface area contributed by atoms with E-state index in [-0.39, 0.29) is 5.54 Å². The number of hydrogen-bond acceptors (Lipinski definition) is 2. The van der Waals surface area contributed by atoms with Gasteiger partial charge in [-0.3, -0.25) is 0 Å². The van der Waals surface area contributed by atoms with Crippen molar-refractivity contribution in [3.63, 3.8) is 0 Å². The van der Waals surface area contributed by atoms with Crippen molar-refractivity contribution >= 4 is 0 Å². The minimum atomic E-state index is -0.251. The van der Waals surface area contributed by atoms with Gasteiger partial charge < -0.3 is 10.5 Å². The zero-order valence-corrected chi connectivity index (χ0v) is 12.0. The van der Waals surface area contributed by atoms with Crippen LogP contribution in [0.5, 0.6) is 0 Å². The minimum absolute atomic E-state index is 0.251. The third-order valence-electron chi connectivity index (χ3n) is 3.51. The first kappa shape index (κ1) is 15.2. The molecule has 0 fully saturated rings. The molecule has 0 heterocycles. The lowest BCUT2D eigenvalue weighted by Crippen LogP contribution is -2.37. The summed E-state index contributed by atoms with van der Waals surface area (Å²) in [5.74, 6) is 0.702. The van der Waals surface area contributed by atoms with E-state index < -0.39 is 0 Å². The highest BCUT2D eigenvalue weighted by molar-refractivity contribution is 5.23. The Balaban J connectivity index is 2.42. The van der Waals surface area contributed by atoms with Gasteiger partial charge in [0.1, 0.15) is 0 Å². The Morgan fingerprint density at radius 2 is 1.83 bits per heavy atom. The van der Waals surface area contributed by atoms with Gasteiger partial charge in [-0.25, -0.2) is 0 Å². The van der Waals surface area contributed by atoms with E-state index in [4.69, 9.17) is 10.5 Å². The van der Waals surface area contributed by atoms with Crippen molar-refractivity contribution in [1.82, 2.24) is 0 Å². The lowest BCUT2D eigenvalue weighted by molar-refractivity contribution is 0.104. The summed E-state index contributed by atoms with van der Waals surface area (Å²) < 4.78 is 5.68. The van der Waals surface area contributed by atoms with Gasteiger partial charge in [0.2, 0.25) is 0 Å². The molecule has 1 unspecified atom stereocenters. The predicted octanol–water partition coefficient (Wildman–Crippen LogP) is 3.70. The molecule has 0 aliphatic rings. The normalized spacial score (nSPS) is 14.7. The van der Waals surface area contributed by atoms with Gasteiger partial charge in [0.05, 0.1) is 0 Å². The molecule has 0 saturated carbocycles. The summed E-state index contributed by atoms with van der Waals surface area (Å²) in [5.41, 5.74) is 7.44. The largest absolute Gasteiger partial charge is 0.381 e. The van der Waals surface area contributed by atoms with Crippen LogP contribution >= 0.6 is 0 Å². The van der Waals surface area contributed by atoms with Crippen molar-refractivity contribution in [3.05, 3.63) is 35.9 Å². The first-order chi connectivity index (χ1) is 8.58. The molecule has 1 aromatic rings. The average molecular weight is 249 g/mol. The quantitative estimate of drug-likeness (QED) is 0.713. The standard InChI is InChI=1S/C16H27NO/c1-4-16(17,15-8-6-5-7-9-15)11-13-18-12-10-14(2)3/h5-9,14H,4,10-13,17H2,1-3H3. The van der Waals surface area contributed by atoms with Crippen LogP contribution in [0.25, 0.3) is 0 Å². The fourth-order valence-electron chi connectivity index (χ4n) is 1.97. The maximum atomic E-state index is 6.48. The topological polar surface area (TPSA) is 35.2 Å². The van der Waals surface area contributed by atoms with Gasteiger partial charge in [-0.15, -0.1) is 0 Å². The van der Waals surface area contributed by atoms with E-state index in [0.29, 0.717) is 5.92 Å². The minimum Gasteiger partial charge on any atom is -0.381 e. The molecule has 2 N–H and O–H groups in total. The van der Waals surface area contributed by atoms with Crippen LogP contribution in [0.2, 0.25) is 0 Å². The maximum Gasteiger partial charge on any atom is 0.0486 e. The fourth-order valence-corrected chi connectivity index (χ4v) is 1.97. The number of nitrogens with two attached hydrogens (primary N) is 1. The van der Waals surface area contributed by atoms with Gasteiger partial charge in [0.15, 0.2) is 0 Å². The van der Waals surface area contributed by atoms with E-state index in [9.17, 15) is 0 Å². The Kier molecular flexibility index (Phi) is 6.37. The van der Waals surface area contributed by atoms with Crippen molar-refractivity contribution in [2.45, 2.75) is 45.6 Å². The lowest BCUT2D eigenvalue weighted by Gasteiger charge is -2.28. The second-order valence-corrected chi connectivity index (χ2v) is 5.42. The van der Waals surface area contributed by atoms with Crippen molar-refractivity contribution in [3.8, 4) is 0 Å². The Bertz CT molecular complexity index is 323. The molecule has 1 aromatic carbocycles. The Morgan fingerprint density at radius 1 is 1.17 bits per heavy atom. The molecule has 0 radical (unpaired) electrons. The van der Waals surface area contributed by atoms with Gasteiger partial charge in [-0.1, -0.05) is 51.1 Å². The van der Waals surface area contributed by atoms with Crippen molar-refractivity contribution in [2.24, 2.45) is 11.7 Å². The van der Waals surface area contributed by atoms with Gasteiger partial charge in [0, 0.05) is 18.8 Å². The van der Waals surface area contributed by atoms with Gasteiger partial charge in [-0.2, -0.15) is 0 Å². The summed E-state index contributed by atoms with van der Waals surface area (Å²) in [5, 5.41) is 0. The van der Waals surface area contributed by atoms with Crippen LogP contribution in [-0.2, 0) is 10.3 Å². The molecule has 0 bridgehead atoms. The molecule has 102 valence electrons. The van der Waals surface area contributed by atoms with E-state index in [0.717, 1.165) is 32.5 Å². The molecule has 0 aromatic heterocycles. The first-order valence-corrected chi connectivity index (χ1v) is 7.00. The predicted molar refractivity (Wildman–Crippen MR) is 77.5 cm³/mol. The van der Waals surface area contributed by atoms with Crippen molar-refractivity contribution in [1.29, 1.82) is 0 Å². The zero-order chi connectivity index (χ0) is 13.4. The monoisotopic (exact) mass is 249 g/mol. The van der Waals surface area contributed by atoms with Crippen molar-refractivity contribution < 1.29 is 4.74 Å². The number of hydrogen-bond donors (Lipinski definition) is 1. The molecule has 1 rings (SSSR count). The molecule has 2 nitrogen and oxygen atoms in total. The Hall–Kier alpha value is -0.860. The third-order valence-corrected chi connectivity index (χ3v) is 3.51. The average Bonchev–Trinajstić information content (AvgIpc) is 2.38.